The van der Waals surface area contributed by atoms with Gasteiger partial charge in [0.1, 0.15) is 0 Å². The van der Waals surface area contributed by atoms with Gasteiger partial charge in [0, 0.05) is 24.8 Å². The van der Waals surface area contributed by atoms with Crippen molar-refractivity contribution in [2.24, 2.45) is 0 Å². The normalized spacial score (nSPS) is 23.5. The monoisotopic (exact) mass is 330 g/mol. The van der Waals surface area contributed by atoms with E-state index in [9.17, 15) is 14.8 Å². The number of benzene rings is 1. The fraction of sp³-hybridized carbons (Fsp3) is 0.529. The molecule has 2 fully saturated rings. The lowest BCUT2D eigenvalue weighted by Gasteiger charge is -2.33. The molecule has 0 aromatic heterocycles. The lowest BCUT2D eigenvalue weighted by molar-refractivity contribution is -0.129. The zero-order valence-corrected chi connectivity index (χ0v) is 13.9. The number of carbonyl (C=O) groups excluding carboxylic acids is 1. The van der Waals surface area contributed by atoms with Gasteiger partial charge in [0.05, 0.1) is 12.5 Å². The van der Waals surface area contributed by atoms with Gasteiger partial charge in [-0.1, -0.05) is 12.1 Å². The summed E-state index contributed by atoms with van der Waals surface area (Å²) < 4.78 is 0. The van der Waals surface area contributed by atoms with Gasteiger partial charge in [0.25, 0.3) is 0 Å². The van der Waals surface area contributed by atoms with Crippen molar-refractivity contribution in [3.63, 3.8) is 0 Å². The fourth-order valence-electron chi connectivity index (χ4n) is 3.72. The van der Waals surface area contributed by atoms with Gasteiger partial charge in [0.2, 0.25) is 5.91 Å². The minimum absolute atomic E-state index is 0.0491. The van der Waals surface area contributed by atoms with Gasteiger partial charge >= 0.3 is 7.12 Å². The van der Waals surface area contributed by atoms with Gasteiger partial charge in [-0.05, 0) is 50.4 Å². The number of likely N-dealkylation sites (tertiary alicyclic amines) is 1. The summed E-state index contributed by atoms with van der Waals surface area (Å²) in [5.41, 5.74) is 1.91. The van der Waals surface area contributed by atoms with Crippen LogP contribution in [-0.4, -0.2) is 66.1 Å². The molecule has 1 amide bonds. The van der Waals surface area contributed by atoms with Crippen LogP contribution in [0.2, 0.25) is 0 Å². The molecule has 2 atom stereocenters. The molecule has 0 bridgehead atoms. The van der Waals surface area contributed by atoms with E-state index in [1.54, 1.807) is 4.90 Å². The van der Waals surface area contributed by atoms with Gasteiger partial charge in [-0.2, -0.15) is 0 Å². The van der Waals surface area contributed by atoms with Gasteiger partial charge in [-0.25, -0.2) is 0 Å². The van der Waals surface area contributed by atoms with Crippen molar-refractivity contribution in [2.75, 3.05) is 31.1 Å². The quantitative estimate of drug-likeness (QED) is 0.665. The van der Waals surface area contributed by atoms with Crippen LogP contribution in [0.3, 0.4) is 0 Å². The smallest absolute Gasteiger partial charge is 0.426 e. The second-order valence-corrected chi connectivity index (χ2v) is 6.65. The molecule has 2 saturated heterocycles. The molecule has 1 aromatic rings. The Balaban J connectivity index is 1.77. The second kappa shape index (κ2) is 7.55. The van der Waals surface area contributed by atoms with E-state index in [1.165, 1.54) is 0 Å². The van der Waals surface area contributed by atoms with Crippen LogP contribution in [-0.2, 0) is 4.79 Å². The molecule has 3 rings (SSSR count). The van der Waals surface area contributed by atoms with E-state index < -0.39 is 13.1 Å². The van der Waals surface area contributed by atoms with Gasteiger partial charge in [-0.15, -0.1) is 0 Å². The highest BCUT2D eigenvalue weighted by atomic mass is 16.4. The van der Waals surface area contributed by atoms with E-state index in [1.807, 2.05) is 24.3 Å². The van der Waals surface area contributed by atoms with Crippen molar-refractivity contribution < 1.29 is 14.8 Å². The topological polar surface area (TPSA) is 76.0 Å². The number of nitrogens with zero attached hydrogens (tertiary/aromatic N) is 2. The van der Waals surface area contributed by atoms with E-state index in [0.29, 0.717) is 13.0 Å². The van der Waals surface area contributed by atoms with Crippen molar-refractivity contribution in [1.29, 1.82) is 0 Å². The van der Waals surface area contributed by atoms with Crippen molar-refractivity contribution in [2.45, 2.75) is 31.2 Å². The number of amides is 1. The second-order valence-electron chi connectivity index (χ2n) is 6.65. The largest absolute Gasteiger partial charge is 0.475 e. The lowest BCUT2D eigenvalue weighted by Crippen LogP contribution is -2.51. The zero-order valence-electron chi connectivity index (χ0n) is 13.9. The van der Waals surface area contributed by atoms with E-state index >= 15 is 0 Å². The highest BCUT2D eigenvalue weighted by molar-refractivity contribution is 6.43. The molecule has 7 heteroatoms. The Morgan fingerprint density at radius 2 is 2.25 bits per heavy atom. The Morgan fingerprint density at radius 1 is 1.42 bits per heavy atom. The molecule has 6 nitrogen and oxygen atoms in total. The maximum absolute atomic E-state index is 12.8. The van der Waals surface area contributed by atoms with Gasteiger partial charge in [0.15, 0.2) is 0 Å². The number of carbonyl (C=O) groups is 1. The van der Waals surface area contributed by atoms with Crippen LogP contribution in [0.1, 0.15) is 24.8 Å². The maximum atomic E-state index is 12.8. The molecule has 0 spiro atoms. The Bertz CT molecular complexity index is 578. The van der Waals surface area contributed by atoms with Gasteiger partial charge < -0.3 is 25.2 Å². The standard InChI is InChI=1S/C17H25BN3O3/c1-13-4-2-5-14(10-13)21(15-7-8-19-11-15)12-17(22)20-9-3-6-16(20)18(23)24/h2,4-5,10,15-16,19,23-24H,1,3,6-9,11-12H2/t15-,16+/m1/s1. The van der Waals surface area contributed by atoms with E-state index in [4.69, 9.17) is 0 Å². The molecule has 1 radical (unpaired) electrons. The summed E-state index contributed by atoms with van der Waals surface area (Å²) >= 11 is 0. The molecular weight excluding hydrogens is 305 g/mol. The summed E-state index contributed by atoms with van der Waals surface area (Å²) in [5, 5.41) is 22.3. The molecule has 3 N–H and O–H groups in total. The molecule has 0 saturated carbocycles. The van der Waals surface area contributed by atoms with Crippen molar-refractivity contribution >= 4 is 18.7 Å². The summed E-state index contributed by atoms with van der Waals surface area (Å²) in [4.78, 5) is 16.6. The van der Waals surface area contributed by atoms with Crippen LogP contribution in [0.5, 0.6) is 0 Å². The molecular formula is C17H25BN3O3. The number of nitrogens with one attached hydrogen (secondary N) is 1. The Kier molecular flexibility index (Phi) is 5.43. The van der Waals surface area contributed by atoms with Crippen LogP contribution in [0.25, 0.3) is 0 Å². The van der Waals surface area contributed by atoms with Crippen molar-refractivity contribution in [3.8, 4) is 0 Å². The maximum Gasteiger partial charge on any atom is 0.475 e. The molecule has 0 unspecified atom stereocenters. The first-order chi connectivity index (χ1) is 11.6. The average Bonchev–Trinajstić information content (AvgIpc) is 3.23. The first kappa shape index (κ1) is 17.3. The Morgan fingerprint density at radius 3 is 2.92 bits per heavy atom. The van der Waals surface area contributed by atoms with Gasteiger partial charge in [-0.3, -0.25) is 4.79 Å². The van der Waals surface area contributed by atoms with E-state index in [-0.39, 0.29) is 18.5 Å². The zero-order chi connectivity index (χ0) is 17.1. The molecule has 1 aromatic carbocycles. The number of hydrogen-bond acceptors (Lipinski definition) is 5. The predicted octanol–water partition coefficient (Wildman–Crippen LogP) is 0.0401. The van der Waals surface area contributed by atoms with E-state index in [0.717, 1.165) is 37.2 Å². The summed E-state index contributed by atoms with van der Waals surface area (Å²) in [6.45, 7) is 6.61. The highest BCUT2D eigenvalue weighted by Gasteiger charge is 2.37. The summed E-state index contributed by atoms with van der Waals surface area (Å²) in [6.07, 6.45) is 2.44. The number of rotatable bonds is 5. The summed E-state index contributed by atoms with van der Waals surface area (Å²) in [7, 11) is -1.47. The predicted molar refractivity (Wildman–Crippen MR) is 94.4 cm³/mol. The van der Waals surface area contributed by atoms with Crippen molar-refractivity contribution in [1.82, 2.24) is 10.2 Å². The summed E-state index contributed by atoms with van der Waals surface area (Å²) in [6, 6.07) is 8.15. The number of hydrogen-bond donors (Lipinski definition) is 3. The molecule has 24 heavy (non-hydrogen) atoms. The SMILES string of the molecule is [CH2]c1cccc(N(CC(=O)N2CCC[C@H]2B(O)O)[C@@H]2CCNC2)c1. The molecule has 0 aliphatic carbocycles. The molecule has 129 valence electrons. The third-order valence-corrected chi connectivity index (χ3v) is 4.99. The van der Waals surface area contributed by atoms with Crippen LogP contribution >= 0.6 is 0 Å². The van der Waals surface area contributed by atoms with Crippen molar-refractivity contribution in [3.05, 3.63) is 36.8 Å². The first-order valence-electron chi connectivity index (χ1n) is 8.61. The molecule has 2 aliphatic heterocycles. The summed E-state index contributed by atoms with van der Waals surface area (Å²) in [5.74, 6) is -0.535. The van der Waals surface area contributed by atoms with Crippen LogP contribution < -0.4 is 10.2 Å². The average molecular weight is 330 g/mol. The third kappa shape index (κ3) is 3.74. The highest BCUT2D eigenvalue weighted by Crippen LogP contribution is 2.24. The number of anilines is 1. The molecule has 2 heterocycles. The first-order valence-corrected chi connectivity index (χ1v) is 8.61. The lowest BCUT2D eigenvalue weighted by atomic mass is 9.78. The van der Waals surface area contributed by atoms with Crippen LogP contribution in [0, 0.1) is 6.92 Å². The minimum atomic E-state index is -1.47. The Hall–Kier alpha value is -1.57. The van der Waals surface area contributed by atoms with Crippen LogP contribution in [0.15, 0.2) is 24.3 Å². The fourth-order valence-corrected chi connectivity index (χ4v) is 3.72. The molecule has 2 aliphatic rings. The van der Waals surface area contributed by atoms with E-state index in [2.05, 4.69) is 17.1 Å². The third-order valence-electron chi connectivity index (χ3n) is 4.99. The minimum Gasteiger partial charge on any atom is -0.426 e. The van der Waals surface area contributed by atoms with Crippen LogP contribution in [0.4, 0.5) is 5.69 Å². The Labute approximate surface area is 143 Å².